The highest BCUT2D eigenvalue weighted by molar-refractivity contribution is 5.95. The molecule has 2 amide bonds. The van der Waals surface area contributed by atoms with Crippen LogP contribution in [0.2, 0.25) is 0 Å². The molecule has 1 saturated heterocycles. The average molecular weight is 280 g/mol. The Kier molecular flexibility index (Phi) is 3.16. The lowest BCUT2D eigenvalue weighted by atomic mass is 10.1. The maximum absolute atomic E-state index is 13.1. The van der Waals surface area contributed by atoms with Crippen LogP contribution in [0.15, 0.2) is 18.2 Å². The van der Waals surface area contributed by atoms with E-state index >= 15 is 0 Å². The van der Waals surface area contributed by atoms with Crippen LogP contribution in [0.5, 0.6) is 0 Å². The highest BCUT2D eigenvalue weighted by atomic mass is 19.2. The number of hydrogen-bond acceptors (Lipinski definition) is 2. The SMILES string of the molecule is O=C(NC1CC(=O)N(C2CC2)C1)c1ccc(F)c(F)c1. The lowest BCUT2D eigenvalue weighted by Crippen LogP contribution is -2.37. The minimum absolute atomic E-state index is 0.0445. The predicted octanol–water partition coefficient (Wildman–Crippen LogP) is 1.46. The molecule has 1 heterocycles. The molecule has 1 aliphatic heterocycles. The minimum Gasteiger partial charge on any atom is -0.347 e. The van der Waals surface area contributed by atoms with Gasteiger partial charge in [0.05, 0.1) is 6.04 Å². The fourth-order valence-electron chi connectivity index (χ4n) is 2.47. The van der Waals surface area contributed by atoms with E-state index in [0.29, 0.717) is 12.6 Å². The van der Waals surface area contributed by atoms with Crippen LogP contribution in [0.3, 0.4) is 0 Å². The summed E-state index contributed by atoms with van der Waals surface area (Å²) < 4.78 is 25.9. The summed E-state index contributed by atoms with van der Waals surface area (Å²) in [5.41, 5.74) is 0.0567. The second-order valence-electron chi connectivity index (χ2n) is 5.28. The molecule has 1 N–H and O–H groups in total. The molecule has 1 saturated carbocycles. The molecule has 3 rings (SSSR count). The van der Waals surface area contributed by atoms with Crippen molar-refractivity contribution in [3.8, 4) is 0 Å². The van der Waals surface area contributed by atoms with Crippen molar-refractivity contribution < 1.29 is 18.4 Å². The van der Waals surface area contributed by atoms with E-state index in [1.165, 1.54) is 6.07 Å². The first-order valence-corrected chi connectivity index (χ1v) is 6.60. The maximum atomic E-state index is 13.1. The first-order chi connectivity index (χ1) is 9.54. The van der Waals surface area contributed by atoms with Crippen molar-refractivity contribution in [1.82, 2.24) is 10.2 Å². The van der Waals surface area contributed by atoms with Crippen LogP contribution in [0, 0.1) is 11.6 Å². The number of carbonyl (C=O) groups is 2. The summed E-state index contributed by atoms with van der Waals surface area (Å²) in [5.74, 6) is -2.49. The van der Waals surface area contributed by atoms with E-state index in [1.807, 2.05) is 0 Å². The smallest absolute Gasteiger partial charge is 0.251 e. The summed E-state index contributed by atoms with van der Waals surface area (Å²) in [6, 6.07) is 3.07. The van der Waals surface area contributed by atoms with E-state index < -0.39 is 17.5 Å². The Labute approximate surface area is 114 Å². The number of amides is 2. The minimum atomic E-state index is -1.06. The second-order valence-corrected chi connectivity index (χ2v) is 5.28. The molecular weight excluding hydrogens is 266 g/mol. The predicted molar refractivity (Wildman–Crippen MR) is 67.0 cm³/mol. The molecule has 106 valence electrons. The van der Waals surface area contributed by atoms with Crippen molar-refractivity contribution in [3.63, 3.8) is 0 Å². The number of benzene rings is 1. The Morgan fingerprint density at radius 3 is 2.65 bits per heavy atom. The van der Waals surface area contributed by atoms with Crippen LogP contribution >= 0.6 is 0 Å². The quantitative estimate of drug-likeness (QED) is 0.911. The fourth-order valence-corrected chi connectivity index (χ4v) is 2.47. The van der Waals surface area contributed by atoms with Gasteiger partial charge in [0.25, 0.3) is 5.91 Å². The maximum Gasteiger partial charge on any atom is 0.251 e. The number of hydrogen-bond donors (Lipinski definition) is 1. The van der Waals surface area contributed by atoms with Crippen molar-refractivity contribution in [3.05, 3.63) is 35.4 Å². The highest BCUT2D eigenvalue weighted by Gasteiger charge is 2.39. The van der Waals surface area contributed by atoms with Crippen LogP contribution in [0.1, 0.15) is 29.6 Å². The topological polar surface area (TPSA) is 49.4 Å². The monoisotopic (exact) mass is 280 g/mol. The summed E-state index contributed by atoms with van der Waals surface area (Å²) in [6.45, 7) is 0.499. The molecule has 4 nitrogen and oxygen atoms in total. The molecule has 2 aliphatic rings. The zero-order valence-electron chi connectivity index (χ0n) is 10.7. The number of nitrogens with one attached hydrogen (secondary N) is 1. The van der Waals surface area contributed by atoms with Gasteiger partial charge in [-0.15, -0.1) is 0 Å². The number of carbonyl (C=O) groups excluding carboxylic acids is 2. The average Bonchev–Trinajstić information content (AvgIpc) is 3.17. The Morgan fingerprint density at radius 1 is 1.25 bits per heavy atom. The third-order valence-electron chi connectivity index (χ3n) is 3.66. The van der Waals surface area contributed by atoms with E-state index in [4.69, 9.17) is 0 Å². The van der Waals surface area contributed by atoms with Gasteiger partial charge in [-0.05, 0) is 31.0 Å². The number of rotatable bonds is 3. The van der Waals surface area contributed by atoms with Gasteiger partial charge in [0.1, 0.15) is 0 Å². The third kappa shape index (κ3) is 2.50. The summed E-state index contributed by atoms with van der Waals surface area (Å²) in [4.78, 5) is 25.5. The van der Waals surface area contributed by atoms with Crippen molar-refractivity contribution >= 4 is 11.8 Å². The van der Waals surface area contributed by atoms with Crippen LogP contribution in [0.4, 0.5) is 8.78 Å². The van der Waals surface area contributed by atoms with E-state index in [-0.39, 0.29) is 23.9 Å². The molecule has 0 spiro atoms. The van der Waals surface area contributed by atoms with Crippen LogP contribution in [0.25, 0.3) is 0 Å². The molecule has 6 heteroatoms. The van der Waals surface area contributed by atoms with Gasteiger partial charge >= 0.3 is 0 Å². The van der Waals surface area contributed by atoms with Crippen molar-refractivity contribution in [2.45, 2.75) is 31.3 Å². The first-order valence-electron chi connectivity index (χ1n) is 6.60. The zero-order valence-corrected chi connectivity index (χ0v) is 10.7. The first kappa shape index (κ1) is 13.0. The Hall–Kier alpha value is -1.98. The van der Waals surface area contributed by atoms with Crippen LogP contribution in [-0.2, 0) is 4.79 Å². The van der Waals surface area contributed by atoms with Gasteiger partial charge in [-0.2, -0.15) is 0 Å². The van der Waals surface area contributed by atoms with Gasteiger partial charge < -0.3 is 10.2 Å². The highest BCUT2D eigenvalue weighted by Crippen LogP contribution is 2.30. The summed E-state index contributed by atoms with van der Waals surface area (Å²) in [6.07, 6.45) is 2.32. The largest absolute Gasteiger partial charge is 0.347 e. The van der Waals surface area contributed by atoms with Gasteiger partial charge in [0, 0.05) is 24.6 Å². The van der Waals surface area contributed by atoms with E-state index in [1.54, 1.807) is 4.90 Å². The molecule has 1 aromatic carbocycles. The standard InChI is InChI=1S/C14H14F2N2O2/c15-11-4-1-8(5-12(11)16)14(20)17-9-6-13(19)18(7-9)10-2-3-10/h1,4-5,9-10H,2-3,6-7H2,(H,17,20). The van der Waals surface area contributed by atoms with E-state index in [9.17, 15) is 18.4 Å². The fraction of sp³-hybridized carbons (Fsp3) is 0.429. The Morgan fingerprint density at radius 2 is 2.00 bits per heavy atom. The number of likely N-dealkylation sites (tertiary alicyclic amines) is 1. The lowest BCUT2D eigenvalue weighted by molar-refractivity contribution is -0.128. The number of halogens is 2. The lowest BCUT2D eigenvalue weighted by Gasteiger charge is -2.16. The second kappa shape index (κ2) is 4.85. The van der Waals surface area contributed by atoms with Crippen LogP contribution in [-0.4, -0.2) is 35.3 Å². The normalized spacial score (nSPS) is 22.2. The van der Waals surface area contributed by atoms with Gasteiger partial charge in [0.2, 0.25) is 5.91 Å². The van der Waals surface area contributed by atoms with E-state index in [0.717, 1.165) is 25.0 Å². The summed E-state index contributed by atoms with van der Waals surface area (Å²) >= 11 is 0. The molecule has 1 aromatic rings. The molecule has 0 radical (unpaired) electrons. The molecule has 0 bridgehead atoms. The van der Waals surface area contributed by atoms with Crippen molar-refractivity contribution in [1.29, 1.82) is 0 Å². The Bertz CT molecular complexity index is 572. The van der Waals surface area contributed by atoms with Gasteiger partial charge in [-0.25, -0.2) is 8.78 Å². The van der Waals surface area contributed by atoms with E-state index in [2.05, 4.69) is 5.32 Å². The summed E-state index contributed by atoms with van der Waals surface area (Å²) in [7, 11) is 0. The van der Waals surface area contributed by atoms with Gasteiger partial charge in [0.15, 0.2) is 11.6 Å². The number of nitrogens with zero attached hydrogens (tertiary/aromatic N) is 1. The van der Waals surface area contributed by atoms with Crippen molar-refractivity contribution in [2.24, 2.45) is 0 Å². The molecule has 1 unspecified atom stereocenters. The molecular formula is C14H14F2N2O2. The Balaban J connectivity index is 1.64. The summed E-state index contributed by atoms with van der Waals surface area (Å²) in [5, 5.41) is 2.69. The zero-order chi connectivity index (χ0) is 14.3. The molecule has 1 aliphatic carbocycles. The molecule has 20 heavy (non-hydrogen) atoms. The van der Waals surface area contributed by atoms with Crippen molar-refractivity contribution in [2.75, 3.05) is 6.54 Å². The van der Waals surface area contributed by atoms with Crippen LogP contribution < -0.4 is 5.32 Å². The van der Waals surface area contributed by atoms with Gasteiger partial charge in [-0.3, -0.25) is 9.59 Å². The molecule has 0 aromatic heterocycles. The molecule has 2 fully saturated rings. The molecule has 1 atom stereocenters. The third-order valence-corrected chi connectivity index (χ3v) is 3.66. The van der Waals surface area contributed by atoms with Gasteiger partial charge in [-0.1, -0.05) is 0 Å².